The maximum atomic E-state index is 11.0. The Balaban J connectivity index is -0.00000108. The third-order valence-corrected chi connectivity index (χ3v) is 4.76. The van der Waals surface area contributed by atoms with E-state index in [1.807, 2.05) is 0 Å². The molecule has 0 amide bonds. The van der Waals surface area contributed by atoms with E-state index in [1.165, 1.54) is 0 Å². The minimum atomic E-state index is -5.31. The third kappa shape index (κ3) is 7.58. The predicted molar refractivity (Wildman–Crippen MR) is 73.1 cm³/mol. The molecular formula is C6H6Na3O9S3. The first-order valence-electron chi connectivity index (χ1n) is 3.90. The number of hydrogen-bond donors (Lipinski definition) is 3. The monoisotopic (exact) mass is 387 g/mol. The maximum Gasteiger partial charge on any atom is 0.297 e. The van der Waals surface area contributed by atoms with Crippen molar-refractivity contribution in [3.63, 3.8) is 0 Å². The topological polar surface area (TPSA) is 163 Å². The van der Waals surface area contributed by atoms with Gasteiger partial charge in [0, 0.05) is 88.7 Å². The molecular weight excluding hydrogens is 381 g/mol. The van der Waals surface area contributed by atoms with Crippen LogP contribution in [0.25, 0.3) is 0 Å². The molecule has 1 rings (SSSR count). The molecule has 0 bridgehead atoms. The largest absolute Gasteiger partial charge is 0.297 e. The molecule has 0 aliphatic carbocycles. The van der Waals surface area contributed by atoms with Crippen LogP contribution in [-0.2, 0) is 30.4 Å². The van der Waals surface area contributed by atoms with Gasteiger partial charge < -0.3 is 0 Å². The Hall–Kier alpha value is 1.95. The van der Waals surface area contributed by atoms with Crippen molar-refractivity contribution in [1.82, 2.24) is 0 Å². The Labute approximate surface area is 188 Å². The van der Waals surface area contributed by atoms with Crippen molar-refractivity contribution in [1.29, 1.82) is 0 Å². The van der Waals surface area contributed by atoms with Crippen LogP contribution in [0.4, 0.5) is 0 Å². The fourth-order valence-corrected chi connectivity index (χ4v) is 4.32. The average molecular weight is 387 g/mol. The minimum Gasteiger partial charge on any atom is -0.282 e. The second-order valence-corrected chi connectivity index (χ2v) is 7.15. The van der Waals surface area contributed by atoms with Crippen LogP contribution in [0.2, 0.25) is 0 Å². The zero-order valence-corrected chi connectivity index (χ0v) is 19.7. The molecule has 0 saturated heterocycles. The fraction of sp³-hybridized carbons (Fsp3) is 0. The molecule has 0 aliphatic heterocycles. The first-order chi connectivity index (χ1) is 7.85. The molecule has 0 saturated carbocycles. The Morgan fingerprint density at radius 3 is 1.10 bits per heavy atom. The van der Waals surface area contributed by atoms with Crippen LogP contribution < -0.4 is 0 Å². The molecule has 0 heterocycles. The van der Waals surface area contributed by atoms with Crippen LogP contribution >= 0.6 is 0 Å². The van der Waals surface area contributed by atoms with Crippen molar-refractivity contribution in [2.45, 2.75) is 14.7 Å². The van der Waals surface area contributed by atoms with Gasteiger partial charge in [0.05, 0.1) is 0 Å². The average Bonchev–Trinajstić information content (AvgIpc) is 2.12. The van der Waals surface area contributed by atoms with Crippen molar-refractivity contribution in [2.75, 3.05) is 0 Å². The van der Waals surface area contributed by atoms with E-state index >= 15 is 0 Å². The summed E-state index contributed by atoms with van der Waals surface area (Å²) in [5.74, 6) is 0. The second-order valence-electron chi connectivity index (χ2n) is 3.01. The van der Waals surface area contributed by atoms with E-state index in [1.54, 1.807) is 0 Å². The standard InChI is InChI=1S/C6H6O9S3.3Na/c7-16(8,9)4-2-1-3-5(17(10,11)12)6(4)18(13,14)15;;;/h1-3H,(H,7,8,9)(H,10,11,12)(H,13,14,15);;;. The molecule has 105 valence electrons. The van der Waals surface area contributed by atoms with E-state index in [0.29, 0.717) is 12.1 Å². The Kier molecular flexibility index (Phi) is 12.5. The van der Waals surface area contributed by atoms with Crippen LogP contribution in [0.3, 0.4) is 0 Å². The zero-order valence-electron chi connectivity index (χ0n) is 11.2. The quantitative estimate of drug-likeness (QED) is 0.404. The van der Waals surface area contributed by atoms with Crippen LogP contribution in [0.5, 0.6) is 0 Å². The molecule has 0 unspecified atom stereocenters. The van der Waals surface area contributed by atoms with E-state index < -0.39 is 45.0 Å². The van der Waals surface area contributed by atoms with Gasteiger partial charge in [0.2, 0.25) is 0 Å². The first-order valence-corrected chi connectivity index (χ1v) is 8.22. The van der Waals surface area contributed by atoms with Crippen molar-refractivity contribution in [3.05, 3.63) is 18.2 Å². The summed E-state index contributed by atoms with van der Waals surface area (Å²) in [7, 11) is -15.5. The second kappa shape index (κ2) is 9.44. The number of rotatable bonds is 3. The van der Waals surface area contributed by atoms with Gasteiger partial charge in [-0.1, -0.05) is 6.07 Å². The molecule has 21 heavy (non-hydrogen) atoms. The summed E-state index contributed by atoms with van der Waals surface area (Å²) in [6.45, 7) is 0. The Bertz CT molecular complexity index is 747. The van der Waals surface area contributed by atoms with Crippen molar-refractivity contribution in [2.24, 2.45) is 0 Å². The van der Waals surface area contributed by atoms with Gasteiger partial charge in [-0.05, 0) is 12.1 Å². The third-order valence-electron chi connectivity index (χ3n) is 1.76. The predicted octanol–water partition coefficient (Wildman–Crippen LogP) is -1.72. The Morgan fingerprint density at radius 1 is 0.619 bits per heavy atom. The number of hydrogen-bond acceptors (Lipinski definition) is 6. The first kappa shape index (κ1) is 27.8. The molecule has 0 spiro atoms. The summed E-state index contributed by atoms with van der Waals surface area (Å²) >= 11 is 0. The molecule has 3 N–H and O–H groups in total. The van der Waals surface area contributed by atoms with Crippen molar-refractivity contribution >= 4 is 119 Å². The summed E-state index contributed by atoms with van der Waals surface area (Å²) in [6.07, 6.45) is 0. The molecule has 1 aromatic carbocycles. The van der Waals surface area contributed by atoms with Crippen molar-refractivity contribution < 1.29 is 38.9 Å². The van der Waals surface area contributed by atoms with Crippen molar-refractivity contribution in [3.8, 4) is 0 Å². The van der Waals surface area contributed by atoms with Gasteiger partial charge in [0.1, 0.15) is 14.7 Å². The van der Waals surface area contributed by atoms with Gasteiger partial charge in [-0.25, -0.2) is 0 Å². The smallest absolute Gasteiger partial charge is 0.282 e. The van der Waals surface area contributed by atoms with E-state index in [-0.39, 0.29) is 88.7 Å². The summed E-state index contributed by atoms with van der Waals surface area (Å²) in [4.78, 5) is -4.34. The summed E-state index contributed by atoms with van der Waals surface area (Å²) < 4.78 is 91.8. The Morgan fingerprint density at radius 2 is 0.905 bits per heavy atom. The van der Waals surface area contributed by atoms with Gasteiger partial charge in [-0.3, -0.25) is 13.7 Å². The van der Waals surface area contributed by atoms with Crippen LogP contribution in [0, 0.1) is 0 Å². The molecule has 0 aliphatic rings. The van der Waals surface area contributed by atoms with Gasteiger partial charge in [-0.2, -0.15) is 25.3 Å². The summed E-state index contributed by atoms with van der Waals surface area (Å²) in [5.41, 5.74) is 0. The molecule has 9 nitrogen and oxygen atoms in total. The van der Waals surface area contributed by atoms with Crippen LogP contribution in [0.15, 0.2) is 32.9 Å². The zero-order chi connectivity index (χ0) is 14.4. The summed E-state index contributed by atoms with van der Waals surface area (Å²) in [5, 5.41) is 0. The van der Waals surface area contributed by atoms with E-state index in [4.69, 9.17) is 13.7 Å². The molecule has 0 fully saturated rings. The minimum absolute atomic E-state index is 0. The van der Waals surface area contributed by atoms with Gasteiger partial charge >= 0.3 is 0 Å². The number of benzene rings is 1. The van der Waals surface area contributed by atoms with Crippen LogP contribution in [-0.4, -0.2) is 128 Å². The normalized spacial score (nSPS) is 11.6. The molecule has 0 aromatic heterocycles. The molecule has 0 atom stereocenters. The molecule has 15 heteroatoms. The SMILES string of the molecule is O=S(=O)(O)c1cccc(S(=O)(=O)O)c1S(=O)(=O)O.[Na].[Na].[Na]. The van der Waals surface area contributed by atoms with Gasteiger partial charge in [-0.15, -0.1) is 0 Å². The van der Waals surface area contributed by atoms with E-state index in [2.05, 4.69) is 0 Å². The van der Waals surface area contributed by atoms with E-state index in [9.17, 15) is 25.3 Å². The maximum absolute atomic E-state index is 11.0. The molecule has 1 aromatic rings. The molecule has 3 radical (unpaired) electrons. The van der Waals surface area contributed by atoms with Crippen LogP contribution in [0.1, 0.15) is 0 Å². The van der Waals surface area contributed by atoms with Gasteiger partial charge in [0.25, 0.3) is 30.4 Å². The van der Waals surface area contributed by atoms with Gasteiger partial charge in [0.15, 0.2) is 0 Å². The fourth-order valence-electron chi connectivity index (χ4n) is 1.16. The van der Waals surface area contributed by atoms with E-state index in [0.717, 1.165) is 6.07 Å². The summed E-state index contributed by atoms with van der Waals surface area (Å²) in [6, 6.07) is 1.86.